The lowest BCUT2D eigenvalue weighted by molar-refractivity contribution is 0.334. The molecule has 0 spiro atoms. The molecule has 0 bridgehead atoms. The zero-order valence-electron chi connectivity index (χ0n) is 11.2. The van der Waals surface area contributed by atoms with E-state index in [0.29, 0.717) is 18.2 Å². The van der Waals surface area contributed by atoms with Crippen LogP contribution >= 0.6 is 59.4 Å². The lowest BCUT2D eigenvalue weighted by Gasteiger charge is -2.15. The second-order valence-electron chi connectivity index (χ2n) is 4.29. The van der Waals surface area contributed by atoms with Gasteiger partial charge in [-0.3, -0.25) is 0 Å². The maximum atomic E-state index is 6.03. The Labute approximate surface area is 154 Å². The van der Waals surface area contributed by atoms with Crippen molar-refractivity contribution in [3.8, 4) is 5.75 Å². The first-order valence-electron chi connectivity index (χ1n) is 6.31. The van der Waals surface area contributed by atoms with Crippen molar-refractivity contribution in [1.29, 1.82) is 0 Å². The molecule has 2 aromatic carbocycles. The summed E-state index contributed by atoms with van der Waals surface area (Å²) >= 11 is 16.6. The number of anilines is 1. The van der Waals surface area contributed by atoms with E-state index in [4.69, 9.17) is 16.3 Å². The average molecular weight is 498 g/mol. The molecule has 112 valence electrons. The monoisotopic (exact) mass is 495 g/mol. The molecule has 0 saturated heterocycles. The summed E-state index contributed by atoms with van der Waals surface area (Å²) in [6.07, 6.45) is 0. The fraction of sp³-hybridized carbons (Fsp3) is 0.200. The highest BCUT2D eigenvalue weighted by Gasteiger charge is 2.10. The Morgan fingerprint density at radius 1 is 1.10 bits per heavy atom. The number of hydrogen-bond acceptors (Lipinski definition) is 2. The van der Waals surface area contributed by atoms with Crippen molar-refractivity contribution in [3.63, 3.8) is 0 Å². The maximum absolute atomic E-state index is 6.03. The van der Waals surface area contributed by atoms with Crippen molar-refractivity contribution in [2.75, 3.05) is 11.9 Å². The summed E-state index contributed by atoms with van der Waals surface area (Å²) < 4.78 is 8.62. The second kappa shape index (κ2) is 7.86. The summed E-state index contributed by atoms with van der Waals surface area (Å²) in [7, 11) is 0. The Morgan fingerprint density at radius 2 is 1.86 bits per heavy atom. The minimum Gasteiger partial charge on any atom is -0.492 e. The van der Waals surface area contributed by atoms with Gasteiger partial charge in [0.25, 0.3) is 0 Å². The molecule has 2 aromatic rings. The molecule has 2 rings (SSSR count). The van der Waals surface area contributed by atoms with Crippen LogP contribution in [0.1, 0.15) is 12.5 Å². The van der Waals surface area contributed by atoms with Crippen molar-refractivity contribution in [3.05, 3.63) is 54.3 Å². The largest absolute Gasteiger partial charge is 0.492 e. The van der Waals surface area contributed by atoms with Crippen LogP contribution in [-0.2, 0) is 6.54 Å². The Hall–Kier alpha value is -0.230. The van der Waals surface area contributed by atoms with Gasteiger partial charge in [-0.05, 0) is 69.1 Å². The van der Waals surface area contributed by atoms with E-state index in [1.54, 1.807) is 0 Å². The molecule has 0 unspecified atom stereocenters. The van der Waals surface area contributed by atoms with Crippen molar-refractivity contribution in [2.45, 2.75) is 13.5 Å². The highest BCUT2D eigenvalue weighted by atomic mass is 79.9. The van der Waals surface area contributed by atoms with Crippen LogP contribution in [0.15, 0.2) is 43.7 Å². The van der Waals surface area contributed by atoms with Crippen molar-refractivity contribution in [1.82, 2.24) is 0 Å². The lowest BCUT2D eigenvalue weighted by Crippen LogP contribution is -2.04. The zero-order chi connectivity index (χ0) is 15.4. The molecule has 0 aliphatic heterocycles. The molecule has 2 nitrogen and oxygen atoms in total. The topological polar surface area (TPSA) is 21.3 Å². The van der Waals surface area contributed by atoms with Crippen LogP contribution in [0.5, 0.6) is 5.75 Å². The fourth-order valence-electron chi connectivity index (χ4n) is 1.87. The summed E-state index contributed by atoms with van der Waals surface area (Å²) in [6, 6.07) is 9.67. The van der Waals surface area contributed by atoms with Crippen LogP contribution in [0.3, 0.4) is 0 Å². The maximum Gasteiger partial charge on any atom is 0.138 e. The van der Waals surface area contributed by atoms with Crippen molar-refractivity contribution < 1.29 is 4.74 Å². The number of halogens is 4. The first-order chi connectivity index (χ1) is 10.0. The van der Waals surface area contributed by atoms with Crippen molar-refractivity contribution in [2.24, 2.45) is 0 Å². The molecule has 1 N–H and O–H groups in total. The summed E-state index contributed by atoms with van der Waals surface area (Å²) in [6.45, 7) is 3.22. The van der Waals surface area contributed by atoms with Gasteiger partial charge in [-0.2, -0.15) is 0 Å². The molecule has 0 aliphatic rings. The molecule has 6 heteroatoms. The minimum atomic E-state index is 0.619. The van der Waals surface area contributed by atoms with Gasteiger partial charge in [0.15, 0.2) is 0 Å². The van der Waals surface area contributed by atoms with E-state index < -0.39 is 0 Å². The predicted molar refractivity (Wildman–Crippen MR) is 99.5 cm³/mol. The predicted octanol–water partition coefficient (Wildman–Crippen LogP) is 6.64. The molecule has 0 heterocycles. The first-order valence-corrected chi connectivity index (χ1v) is 9.06. The summed E-state index contributed by atoms with van der Waals surface area (Å²) in [5, 5.41) is 4.07. The van der Waals surface area contributed by atoms with E-state index >= 15 is 0 Å². The van der Waals surface area contributed by atoms with Gasteiger partial charge < -0.3 is 10.1 Å². The molecule has 0 fully saturated rings. The van der Waals surface area contributed by atoms with Gasteiger partial charge >= 0.3 is 0 Å². The van der Waals surface area contributed by atoms with E-state index in [2.05, 4.69) is 53.1 Å². The third kappa shape index (κ3) is 4.62. The molecule has 0 aromatic heterocycles. The Bertz CT molecular complexity index is 649. The van der Waals surface area contributed by atoms with Gasteiger partial charge in [0.2, 0.25) is 0 Å². The molecule has 0 aliphatic carbocycles. The number of benzene rings is 2. The second-order valence-corrected chi connectivity index (χ2v) is 7.35. The molecule has 0 saturated carbocycles. The lowest BCUT2D eigenvalue weighted by atomic mass is 10.2. The fourth-order valence-corrected chi connectivity index (χ4v) is 3.86. The zero-order valence-corrected chi connectivity index (χ0v) is 16.7. The molecular weight excluding hydrogens is 485 g/mol. The van der Waals surface area contributed by atoms with Gasteiger partial charge in [-0.15, -0.1) is 0 Å². The third-order valence-electron chi connectivity index (χ3n) is 2.77. The van der Waals surface area contributed by atoms with Crippen LogP contribution in [-0.4, -0.2) is 6.61 Å². The third-order valence-corrected chi connectivity index (χ3v) is 4.75. The van der Waals surface area contributed by atoms with Crippen LogP contribution in [0.25, 0.3) is 0 Å². The Morgan fingerprint density at radius 3 is 2.57 bits per heavy atom. The van der Waals surface area contributed by atoms with Gasteiger partial charge in [0, 0.05) is 26.1 Å². The summed E-state index contributed by atoms with van der Waals surface area (Å²) in [4.78, 5) is 0. The van der Waals surface area contributed by atoms with Crippen LogP contribution in [0, 0.1) is 0 Å². The highest BCUT2D eigenvalue weighted by molar-refractivity contribution is 9.11. The summed E-state index contributed by atoms with van der Waals surface area (Å²) in [5.41, 5.74) is 2.01. The quantitative estimate of drug-likeness (QED) is 0.499. The standard InChI is InChI=1S/C15H13Br3ClNO/c1-2-21-15-9(5-10(16)6-13(15)18)8-20-14-7-11(19)3-4-12(14)17/h3-7,20H,2,8H2,1H3. The van der Waals surface area contributed by atoms with E-state index in [1.165, 1.54) is 0 Å². The van der Waals surface area contributed by atoms with Crippen LogP contribution in [0.4, 0.5) is 5.69 Å². The van der Waals surface area contributed by atoms with E-state index in [9.17, 15) is 0 Å². The SMILES string of the molecule is CCOc1c(Br)cc(Br)cc1CNc1cc(Cl)ccc1Br. The van der Waals surface area contributed by atoms with Crippen LogP contribution < -0.4 is 10.1 Å². The van der Waals surface area contributed by atoms with Gasteiger partial charge in [0.05, 0.1) is 16.8 Å². The number of rotatable bonds is 5. The highest BCUT2D eigenvalue weighted by Crippen LogP contribution is 2.34. The van der Waals surface area contributed by atoms with E-state index in [-0.39, 0.29) is 0 Å². The molecule has 0 atom stereocenters. The Kier molecular flexibility index (Phi) is 6.41. The van der Waals surface area contributed by atoms with Gasteiger partial charge in [-0.25, -0.2) is 0 Å². The number of ether oxygens (including phenoxy) is 1. The van der Waals surface area contributed by atoms with Crippen LogP contribution in [0.2, 0.25) is 5.02 Å². The molecule has 0 radical (unpaired) electrons. The summed E-state index contributed by atoms with van der Waals surface area (Å²) in [5.74, 6) is 0.853. The Balaban J connectivity index is 2.25. The molecule has 21 heavy (non-hydrogen) atoms. The first kappa shape index (κ1) is 17.1. The minimum absolute atomic E-state index is 0.619. The number of hydrogen-bond donors (Lipinski definition) is 1. The van der Waals surface area contributed by atoms with E-state index in [1.807, 2.05) is 37.3 Å². The van der Waals surface area contributed by atoms with Crippen molar-refractivity contribution >= 4 is 65.1 Å². The van der Waals surface area contributed by atoms with E-state index in [0.717, 1.165) is 30.4 Å². The average Bonchev–Trinajstić information content (AvgIpc) is 2.43. The molecule has 0 amide bonds. The smallest absolute Gasteiger partial charge is 0.138 e. The molecular formula is C15H13Br3ClNO. The number of nitrogens with one attached hydrogen (secondary N) is 1. The normalized spacial score (nSPS) is 10.5. The van der Waals surface area contributed by atoms with Gasteiger partial charge in [-0.1, -0.05) is 27.5 Å². The van der Waals surface area contributed by atoms with Gasteiger partial charge in [0.1, 0.15) is 5.75 Å².